The predicted octanol–water partition coefficient (Wildman–Crippen LogP) is 3.52. The Morgan fingerprint density at radius 3 is 2.48 bits per heavy atom. The van der Waals surface area contributed by atoms with Crippen molar-refractivity contribution in [3.05, 3.63) is 70.5 Å². The van der Waals surface area contributed by atoms with Crippen molar-refractivity contribution in [2.45, 2.75) is 33.4 Å². The number of halogens is 1. The van der Waals surface area contributed by atoms with E-state index in [-0.39, 0.29) is 5.56 Å². The molecule has 1 aliphatic rings. The van der Waals surface area contributed by atoms with Gasteiger partial charge in [-0.15, -0.1) is 0 Å². The number of hydrogen-bond donors (Lipinski definition) is 1. The quantitative estimate of drug-likeness (QED) is 0.929. The lowest BCUT2D eigenvalue weighted by molar-refractivity contribution is -0.0824. The number of benzene rings is 2. The molecule has 3 rings (SSSR count). The lowest BCUT2D eigenvalue weighted by Crippen LogP contribution is -2.54. The summed E-state index contributed by atoms with van der Waals surface area (Å²) >= 11 is 0. The molecule has 2 aromatic carbocycles. The summed E-state index contributed by atoms with van der Waals surface area (Å²) in [6.45, 7) is 7.57. The van der Waals surface area contributed by atoms with E-state index in [1.54, 1.807) is 24.9 Å². The highest BCUT2D eigenvalue weighted by molar-refractivity contribution is 6.02. The van der Waals surface area contributed by atoms with Gasteiger partial charge in [-0.3, -0.25) is 10.2 Å². The van der Waals surface area contributed by atoms with Gasteiger partial charge in [0.05, 0.1) is 0 Å². The van der Waals surface area contributed by atoms with Gasteiger partial charge < -0.3 is 4.84 Å². The summed E-state index contributed by atoms with van der Waals surface area (Å²) in [4.78, 5) is 18.0. The molecule has 130 valence electrons. The van der Waals surface area contributed by atoms with Crippen LogP contribution in [0.1, 0.15) is 40.9 Å². The van der Waals surface area contributed by atoms with Gasteiger partial charge in [-0.25, -0.2) is 9.40 Å². The molecule has 1 N–H and O–H groups in total. The maximum absolute atomic E-state index is 13.4. The highest BCUT2D eigenvalue weighted by Crippen LogP contribution is 2.26. The van der Waals surface area contributed by atoms with Crippen molar-refractivity contribution in [3.8, 4) is 0 Å². The summed E-state index contributed by atoms with van der Waals surface area (Å²) in [5.41, 5.74) is 5.13. The standard InChI is InChI=1S/C19H20FN3O2/c1-12-8-13(2)10-15(9-12)17-22-25-19(3,4)23(17)21-18(24)14-6-5-7-16(20)11-14/h5-11H,1-4H3,(H,21,24). The Balaban J connectivity index is 1.91. The minimum absolute atomic E-state index is 0.225. The first kappa shape index (κ1) is 17.0. The molecule has 2 aromatic rings. The number of oxime groups is 1. The molecule has 0 fully saturated rings. The Morgan fingerprint density at radius 2 is 1.84 bits per heavy atom. The highest BCUT2D eigenvalue weighted by Gasteiger charge is 2.40. The molecule has 0 radical (unpaired) electrons. The monoisotopic (exact) mass is 341 g/mol. The van der Waals surface area contributed by atoms with Crippen LogP contribution in [0.3, 0.4) is 0 Å². The summed E-state index contributed by atoms with van der Waals surface area (Å²) < 4.78 is 13.4. The average molecular weight is 341 g/mol. The van der Waals surface area contributed by atoms with Crippen molar-refractivity contribution in [2.75, 3.05) is 0 Å². The van der Waals surface area contributed by atoms with Crippen LogP contribution in [0.4, 0.5) is 4.39 Å². The van der Waals surface area contributed by atoms with E-state index in [0.717, 1.165) is 16.7 Å². The molecule has 0 bridgehead atoms. The molecule has 1 heterocycles. The molecule has 1 amide bonds. The summed E-state index contributed by atoms with van der Waals surface area (Å²) in [6, 6.07) is 11.5. The topological polar surface area (TPSA) is 53.9 Å². The third kappa shape index (κ3) is 3.47. The van der Waals surface area contributed by atoms with E-state index < -0.39 is 17.4 Å². The van der Waals surface area contributed by atoms with Crippen LogP contribution in [0.2, 0.25) is 0 Å². The number of hydrazine groups is 1. The molecule has 0 unspecified atom stereocenters. The van der Waals surface area contributed by atoms with Crippen LogP contribution in [0.25, 0.3) is 0 Å². The largest absolute Gasteiger partial charge is 0.364 e. The van der Waals surface area contributed by atoms with Gasteiger partial charge in [-0.2, -0.15) is 0 Å². The van der Waals surface area contributed by atoms with Crippen LogP contribution in [0.5, 0.6) is 0 Å². The predicted molar refractivity (Wildman–Crippen MR) is 93.3 cm³/mol. The van der Waals surface area contributed by atoms with Crippen LogP contribution >= 0.6 is 0 Å². The van der Waals surface area contributed by atoms with E-state index in [4.69, 9.17) is 4.84 Å². The van der Waals surface area contributed by atoms with Gasteiger partial charge in [0.1, 0.15) is 5.82 Å². The van der Waals surface area contributed by atoms with Gasteiger partial charge in [0.2, 0.25) is 5.72 Å². The maximum atomic E-state index is 13.4. The lowest BCUT2D eigenvalue weighted by atomic mass is 10.1. The van der Waals surface area contributed by atoms with Gasteiger partial charge in [-0.05, 0) is 58.0 Å². The minimum Gasteiger partial charge on any atom is -0.364 e. The average Bonchev–Trinajstić information content (AvgIpc) is 2.81. The second-order valence-corrected chi connectivity index (χ2v) is 6.62. The lowest BCUT2D eigenvalue weighted by Gasteiger charge is -2.31. The molecule has 0 spiro atoms. The summed E-state index contributed by atoms with van der Waals surface area (Å²) in [5, 5.41) is 5.70. The number of amidine groups is 1. The van der Waals surface area contributed by atoms with Crippen LogP contribution in [-0.2, 0) is 4.84 Å². The maximum Gasteiger partial charge on any atom is 0.270 e. The fourth-order valence-electron chi connectivity index (χ4n) is 2.76. The Labute approximate surface area is 146 Å². The molecule has 5 nitrogen and oxygen atoms in total. The van der Waals surface area contributed by atoms with Crippen LogP contribution in [0.15, 0.2) is 47.6 Å². The number of amides is 1. The molecule has 25 heavy (non-hydrogen) atoms. The Kier molecular flexibility index (Phi) is 4.20. The Hall–Kier alpha value is -2.89. The first-order valence-corrected chi connectivity index (χ1v) is 7.98. The van der Waals surface area contributed by atoms with E-state index in [1.807, 2.05) is 26.0 Å². The molecular formula is C19H20FN3O2. The summed E-state index contributed by atoms with van der Waals surface area (Å²) in [7, 11) is 0. The van der Waals surface area contributed by atoms with Gasteiger partial charge in [-0.1, -0.05) is 28.4 Å². The van der Waals surface area contributed by atoms with Gasteiger partial charge >= 0.3 is 0 Å². The first-order chi connectivity index (χ1) is 11.8. The Bertz CT molecular complexity index is 841. The fraction of sp³-hybridized carbons (Fsp3) is 0.263. The number of nitrogens with zero attached hydrogens (tertiary/aromatic N) is 2. The van der Waals surface area contributed by atoms with Crippen LogP contribution in [-0.4, -0.2) is 22.5 Å². The zero-order valence-corrected chi connectivity index (χ0v) is 14.6. The van der Waals surface area contributed by atoms with E-state index in [1.165, 1.54) is 18.2 Å². The zero-order chi connectivity index (χ0) is 18.2. The molecule has 1 aliphatic heterocycles. The molecule has 0 saturated heterocycles. The first-order valence-electron chi connectivity index (χ1n) is 7.98. The van der Waals surface area contributed by atoms with Crippen LogP contribution < -0.4 is 5.43 Å². The number of carbonyl (C=O) groups is 1. The smallest absolute Gasteiger partial charge is 0.270 e. The van der Waals surface area contributed by atoms with E-state index in [2.05, 4.69) is 16.6 Å². The second kappa shape index (κ2) is 6.20. The second-order valence-electron chi connectivity index (χ2n) is 6.62. The van der Waals surface area contributed by atoms with Crippen molar-refractivity contribution in [2.24, 2.45) is 5.16 Å². The third-order valence-electron chi connectivity index (χ3n) is 3.89. The highest BCUT2D eigenvalue weighted by atomic mass is 19.1. The number of aryl methyl sites for hydroxylation is 2. The van der Waals surface area contributed by atoms with Gasteiger partial charge in [0.25, 0.3) is 5.91 Å². The third-order valence-corrected chi connectivity index (χ3v) is 3.89. The molecule has 0 aliphatic carbocycles. The van der Waals surface area contributed by atoms with E-state index >= 15 is 0 Å². The Morgan fingerprint density at radius 1 is 1.16 bits per heavy atom. The van der Waals surface area contributed by atoms with E-state index in [0.29, 0.717) is 5.84 Å². The number of rotatable bonds is 3. The SMILES string of the molecule is Cc1cc(C)cc(C2=NOC(C)(C)N2NC(=O)c2cccc(F)c2)c1. The summed E-state index contributed by atoms with van der Waals surface area (Å²) in [6.07, 6.45) is 0. The molecule has 0 atom stereocenters. The minimum atomic E-state index is -0.865. The van der Waals surface area contributed by atoms with Gasteiger partial charge in [0.15, 0.2) is 5.84 Å². The number of nitrogens with one attached hydrogen (secondary N) is 1. The molecule has 6 heteroatoms. The van der Waals surface area contributed by atoms with Crippen molar-refractivity contribution < 1.29 is 14.0 Å². The summed E-state index contributed by atoms with van der Waals surface area (Å²) in [5.74, 6) is -0.399. The number of hydrogen-bond acceptors (Lipinski definition) is 4. The normalized spacial score (nSPS) is 15.6. The van der Waals surface area contributed by atoms with Crippen molar-refractivity contribution >= 4 is 11.7 Å². The van der Waals surface area contributed by atoms with Crippen molar-refractivity contribution in [3.63, 3.8) is 0 Å². The van der Waals surface area contributed by atoms with Crippen molar-refractivity contribution in [1.82, 2.24) is 10.4 Å². The van der Waals surface area contributed by atoms with Crippen LogP contribution in [0, 0.1) is 19.7 Å². The van der Waals surface area contributed by atoms with Crippen molar-refractivity contribution in [1.29, 1.82) is 0 Å². The fourth-order valence-corrected chi connectivity index (χ4v) is 2.76. The zero-order valence-electron chi connectivity index (χ0n) is 14.6. The molecule has 0 saturated carbocycles. The number of carbonyl (C=O) groups excluding carboxylic acids is 1. The molecule has 0 aromatic heterocycles. The van der Waals surface area contributed by atoms with Gasteiger partial charge in [0, 0.05) is 11.1 Å². The van der Waals surface area contributed by atoms with E-state index in [9.17, 15) is 9.18 Å². The molecular weight excluding hydrogens is 321 g/mol.